The largest absolute Gasteiger partial charge is 0.338 e. The zero-order valence-corrected chi connectivity index (χ0v) is 12.0. The number of rotatable bonds is 4. The lowest BCUT2D eigenvalue weighted by Crippen LogP contribution is -2.30. The van der Waals surface area contributed by atoms with Crippen LogP contribution in [0.2, 0.25) is 0 Å². The Kier molecular flexibility index (Phi) is 5.23. The highest BCUT2D eigenvalue weighted by Crippen LogP contribution is 2.32. The van der Waals surface area contributed by atoms with Crippen LogP contribution in [0, 0.1) is 17.8 Å². The maximum Gasteiger partial charge on any atom is 0.249 e. The van der Waals surface area contributed by atoms with Crippen LogP contribution in [0.5, 0.6) is 0 Å². The minimum atomic E-state index is 0.227. The van der Waals surface area contributed by atoms with Crippen molar-refractivity contribution in [1.82, 2.24) is 4.90 Å². The van der Waals surface area contributed by atoms with Crippen LogP contribution in [-0.4, -0.2) is 23.9 Å². The van der Waals surface area contributed by atoms with E-state index in [9.17, 15) is 4.79 Å². The van der Waals surface area contributed by atoms with Crippen molar-refractivity contribution in [3.63, 3.8) is 0 Å². The van der Waals surface area contributed by atoms with Crippen LogP contribution < -0.4 is 0 Å². The molecule has 0 aromatic heterocycles. The maximum atomic E-state index is 12.1. The zero-order chi connectivity index (χ0) is 13.0. The number of carbonyl (C=O) groups is 1. The Morgan fingerprint density at radius 1 is 1.47 bits per heavy atom. The average Bonchev–Trinajstić information content (AvgIpc) is 2.69. The Morgan fingerprint density at radius 3 is 2.65 bits per heavy atom. The molecular weight excluding hydrogens is 210 g/mol. The highest BCUT2D eigenvalue weighted by atomic mass is 16.2. The molecule has 0 radical (unpaired) electrons. The van der Waals surface area contributed by atoms with Crippen LogP contribution in [0.25, 0.3) is 0 Å². The molecular formula is C15H27NO. The van der Waals surface area contributed by atoms with E-state index in [4.69, 9.17) is 0 Å². The second kappa shape index (κ2) is 6.23. The third kappa shape index (κ3) is 3.34. The van der Waals surface area contributed by atoms with Gasteiger partial charge in [-0.3, -0.25) is 4.79 Å². The van der Waals surface area contributed by atoms with E-state index >= 15 is 0 Å². The highest BCUT2D eigenvalue weighted by Gasteiger charge is 2.35. The summed E-state index contributed by atoms with van der Waals surface area (Å²) in [6.45, 7) is 12.6. The number of likely N-dealkylation sites (tertiary alicyclic amines) is 1. The lowest BCUT2D eigenvalue weighted by atomic mass is 9.84. The van der Waals surface area contributed by atoms with E-state index in [1.807, 2.05) is 24.8 Å². The van der Waals surface area contributed by atoms with Crippen molar-refractivity contribution in [2.24, 2.45) is 17.8 Å². The third-order valence-corrected chi connectivity index (χ3v) is 4.20. The summed E-state index contributed by atoms with van der Waals surface area (Å²) in [4.78, 5) is 14.1. The Bertz CT molecular complexity index is 295. The molecule has 1 aliphatic heterocycles. The van der Waals surface area contributed by atoms with Gasteiger partial charge < -0.3 is 4.90 Å². The monoisotopic (exact) mass is 237 g/mol. The predicted octanol–water partition coefficient (Wildman–Crippen LogP) is 3.48. The van der Waals surface area contributed by atoms with E-state index in [1.54, 1.807) is 0 Å². The number of nitrogens with zero attached hydrogens (tertiary/aromatic N) is 1. The van der Waals surface area contributed by atoms with Gasteiger partial charge in [-0.25, -0.2) is 0 Å². The van der Waals surface area contributed by atoms with Crippen LogP contribution in [-0.2, 0) is 4.79 Å². The first-order chi connectivity index (χ1) is 8.01. The summed E-state index contributed by atoms with van der Waals surface area (Å²) in [5, 5.41) is 0. The molecule has 1 fully saturated rings. The zero-order valence-electron chi connectivity index (χ0n) is 12.0. The molecule has 0 aromatic rings. The van der Waals surface area contributed by atoms with Crippen molar-refractivity contribution >= 4 is 5.91 Å². The van der Waals surface area contributed by atoms with Gasteiger partial charge in [0.25, 0.3) is 0 Å². The topological polar surface area (TPSA) is 20.3 Å². The van der Waals surface area contributed by atoms with E-state index in [1.165, 1.54) is 12.8 Å². The van der Waals surface area contributed by atoms with Gasteiger partial charge in [-0.05, 0) is 31.6 Å². The van der Waals surface area contributed by atoms with Gasteiger partial charge in [0.05, 0.1) is 0 Å². The quantitative estimate of drug-likeness (QED) is 0.685. The van der Waals surface area contributed by atoms with Crippen molar-refractivity contribution in [2.75, 3.05) is 13.1 Å². The van der Waals surface area contributed by atoms with E-state index < -0.39 is 0 Å². The minimum absolute atomic E-state index is 0.227. The van der Waals surface area contributed by atoms with Crippen LogP contribution in [0.4, 0.5) is 0 Å². The Labute approximate surface area is 106 Å². The van der Waals surface area contributed by atoms with Gasteiger partial charge >= 0.3 is 0 Å². The van der Waals surface area contributed by atoms with E-state index in [0.717, 1.165) is 24.6 Å². The molecule has 0 aromatic carbocycles. The number of amides is 1. The van der Waals surface area contributed by atoms with Crippen molar-refractivity contribution in [3.8, 4) is 0 Å². The molecule has 98 valence electrons. The molecule has 1 aliphatic rings. The first-order valence-electron chi connectivity index (χ1n) is 6.93. The molecule has 17 heavy (non-hydrogen) atoms. The van der Waals surface area contributed by atoms with E-state index in [-0.39, 0.29) is 5.91 Å². The minimum Gasteiger partial charge on any atom is -0.338 e. The fourth-order valence-corrected chi connectivity index (χ4v) is 2.94. The highest BCUT2D eigenvalue weighted by molar-refractivity contribution is 5.92. The molecule has 1 amide bonds. The smallest absolute Gasteiger partial charge is 0.249 e. The predicted molar refractivity (Wildman–Crippen MR) is 72.7 cm³/mol. The van der Waals surface area contributed by atoms with Gasteiger partial charge in [0.15, 0.2) is 0 Å². The Balaban J connectivity index is 2.63. The summed E-state index contributed by atoms with van der Waals surface area (Å²) in [6, 6.07) is 0. The van der Waals surface area contributed by atoms with Gasteiger partial charge in [-0.1, -0.05) is 39.7 Å². The van der Waals surface area contributed by atoms with Crippen molar-refractivity contribution < 1.29 is 4.79 Å². The summed E-state index contributed by atoms with van der Waals surface area (Å²) in [5.74, 6) is 2.29. The summed E-state index contributed by atoms with van der Waals surface area (Å²) >= 11 is 0. The van der Waals surface area contributed by atoms with Gasteiger partial charge in [0.2, 0.25) is 5.91 Å². The fourth-order valence-electron chi connectivity index (χ4n) is 2.94. The molecule has 3 atom stereocenters. The van der Waals surface area contributed by atoms with Gasteiger partial charge in [0, 0.05) is 18.7 Å². The number of hydrogen-bond acceptors (Lipinski definition) is 1. The fraction of sp³-hybridized carbons (Fsp3) is 0.800. The molecule has 2 heteroatoms. The van der Waals surface area contributed by atoms with E-state index in [2.05, 4.69) is 20.8 Å². The van der Waals surface area contributed by atoms with Crippen LogP contribution in [0.1, 0.15) is 47.5 Å². The number of hydrogen-bond donors (Lipinski definition) is 0. The molecule has 0 N–H and O–H groups in total. The van der Waals surface area contributed by atoms with Crippen LogP contribution in [0.15, 0.2) is 11.6 Å². The molecule has 0 saturated carbocycles. The first kappa shape index (κ1) is 14.3. The van der Waals surface area contributed by atoms with Crippen molar-refractivity contribution in [2.45, 2.75) is 47.5 Å². The molecule has 0 bridgehead atoms. The lowest BCUT2D eigenvalue weighted by Gasteiger charge is -2.22. The normalized spacial score (nSPS) is 27.4. The molecule has 2 nitrogen and oxygen atoms in total. The first-order valence-corrected chi connectivity index (χ1v) is 6.93. The van der Waals surface area contributed by atoms with Gasteiger partial charge in [0.1, 0.15) is 0 Å². The molecule has 1 heterocycles. The Morgan fingerprint density at radius 2 is 2.12 bits per heavy atom. The van der Waals surface area contributed by atoms with Crippen molar-refractivity contribution in [3.05, 3.63) is 11.6 Å². The molecule has 0 spiro atoms. The molecule has 1 rings (SSSR count). The second-order valence-electron chi connectivity index (χ2n) is 5.59. The summed E-state index contributed by atoms with van der Waals surface area (Å²) in [7, 11) is 0. The maximum absolute atomic E-state index is 12.1. The lowest BCUT2D eigenvalue weighted by molar-refractivity contribution is -0.126. The summed E-state index contributed by atoms with van der Waals surface area (Å²) in [6.07, 6.45) is 4.43. The average molecular weight is 237 g/mol. The van der Waals surface area contributed by atoms with Crippen molar-refractivity contribution in [1.29, 1.82) is 0 Å². The molecule has 0 unspecified atom stereocenters. The SMILES string of the molecule is C/C=C(\C)C(=O)N1C[C@H]([C@H](C)CCC)[C@H](C)C1. The molecule has 0 aliphatic carbocycles. The number of allylic oxidation sites excluding steroid dienone is 1. The third-order valence-electron chi connectivity index (χ3n) is 4.20. The summed E-state index contributed by atoms with van der Waals surface area (Å²) in [5.41, 5.74) is 0.876. The van der Waals surface area contributed by atoms with Gasteiger partial charge in [-0.2, -0.15) is 0 Å². The Hall–Kier alpha value is -0.790. The standard InChI is InChI=1S/C15H27NO/c1-6-8-12(4)14-10-16(9-13(14)5)15(17)11(3)7-2/h7,12-14H,6,8-10H2,1-5H3/b11-7+/t12-,13-,14-/m1/s1. The van der Waals surface area contributed by atoms with Gasteiger partial charge in [-0.15, -0.1) is 0 Å². The molecule has 1 saturated heterocycles. The summed E-state index contributed by atoms with van der Waals surface area (Å²) < 4.78 is 0. The van der Waals surface area contributed by atoms with E-state index in [0.29, 0.717) is 11.8 Å². The number of carbonyl (C=O) groups excluding carboxylic acids is 1. The van der Waals surface area contributed by atoms with Crippen LogP contribution in [0.3, 0.4) is 0 Å². The second-order valence-corrected chi connectivity index (χ2v) is 5.59. The van der Waals surface area contributed by atoms with Crippen LogP contribution >= 0.6 is 0 Å².